The summed E-state index contributed by atoms with van der Waals surface area (Å²) in [6.45, 7) is 1.51. The number of alkyl halides is 4. The number of hydrogen-bond donors (Lipinski definition) is 2. The molecule has 0 amide bonds. The minimum Gasteiger partial charge on any atom is -0.378 e. The Morgan fingerprint density at radius 3 is 2.79 bits per heavy atom. The Labute approximate surface area is 166 Å². The molecule has 0 radical (unpaired) electrons. The molecular weight excluding hydrogens is 390 g/mol. The minimum atomic E-state index is -4.32. The largest absolute Gasteiger partial charge is 0.393 e. The SMILES string of the molecule is CNCC#Cc1sc2c(NC3CCN(C)CC3F)cccc2c1CC(F)(F)F. The molecular formula is C20H23F4N3S. The number of piperidine rings is 1. The Bertz CT molecular complexity index is 881. The van der Waals surface area contributed by atoms with Gasteiger partial charge in [-0.2, -0.15) is 13.2 Å². The maximum atomic E-state index is 14.4. The highest BCUT2D eigenvalue weighted by Crippen LogP contribution is 2.39. The van der Waals surface area contributed by atoms with Crippen LogP contribution >= 0.6 is 11.3 Å². The molecule has 0 aliphatic carbocycles. The number of rotatable bonds is 4. The highest BCUT2D eigenvalue weighted by molar-refractivity contribution is 7.20. The first-order chi connectivity index (χ1) is 13.3. The van der Waals surface area contributed by atoms with Gasteiger partial charge in [0.05, 0.1) is 34.3 Å². The zero-order valence-electron chi connectivity index (χ0n) is 15.8. The monoisotopic (exact) mass is 413 g/mol. The van der Waals surface area contributed by atoms with E-state index in [0.29, 0.717) is 40.2 Å². The summed E-state index contributed by atoms with van der Waals surface area (Å²) in [4.78, 5) is 2.35. The van der Waals surface area contributed by atoms with Crippen molar-refractivity contribution < 1.29 is 17.6 Å². The molecule has 2 atom stereocenters. The zero-order valence-corrected chi connectivity index (χ0v) is 16.6. The zero-order chi connectivity index (χ0) is 20.3. The number of nitrogens with zero attached hydrogens (tertiary/aromatic N) is 1. The lowest BCUT2D eigenvalue weighted by Crippen LogP contribution is -2.46. The van der Waals surface area contributed by atoms with Crippen molar-refractivity contribution in [2.45, 2.75) is 31.2 Å². The summed E-state index contributed by atoms with van der Waals surface area (Å²) in [5.74, 6) is 5.72. The van der Waals surface area contributed by atoms with Gasteiger partial charge in [0.25, 0.3) is 0 Å². The van der Waals surface area contributed by atoms with E-state index in [1.165, 1.54) is 11.3 Å². The minimum absolute atomic E-state index is 0.194. The highest BCUT2D eigenvalue weighted by atomic mass is 32.1. The van der Waals surface area contributed by atoms with Gasteiger partial charge in [0.15, 0.2) is 0 Å². The van der Waals surface area contributed by atoms with E-state index in [-0.39, 0.29) is 11.6 Å². The van der Waals surface area contributed by atoms with Crippen LogP contribution in [0.2, 0.25) is 0 Å². The summed E-state index contributed by atoms with van der Waals surface area (Å²) in [6, 6.07) is 4.84. The van der Waals surface area contributed by atoms with E-state index < -0.39 is 18.8 Å². The quantitative estimate of drug-likeness (QED) is 0.586. The molecule has 28 heavy (non-hydrogen) atoms. The predicted octanol–water partition coefficient (Wildman–Crippen LogP) is 4.03. The first-order valence-corrected chi connectivity index (χ1v) is 9.94. The van der Waals surface area contributed by atoms with Crippen LogP contribution in [-0.2, 0) is 6.42 Å². The van der Waals surface area contributed by atoms with Gasteiger partial charge in [-0.3, -0.25) is 0 Å². The normalized spacial score (nSPS) is 20.8. The van der Waals surface area contributed by atoms with Crippen LogP contribution in [0.3, 0.4) is 0 Å². The van der Waals surface area contributed by atoms with Crippen LogP contribution in [0.4, 0.5) is 23.2 Å². The van der Waals surface area contributed by atoms with Crippen molar-refractivity contribution in [1.82, 2.24) is 10.2 Å². The maximum absolute atomic E-state index is 14.4. The molecule has 1 aromatic heterocycles. The van der Waals surface area contributed by atoms with Crippen LogP contribution in [0.15, 0.2) is 18.2 Å². The average molecular weight is 413 g/mol. The second kappa shape index (κ2) is 8.68. The fourth-order valence-corrected chi connectivity index (χ4v) is 4.56. The van der Waals surface area contributed by atoms with Crippen molar-refractivity contribution in [2.24, 2.45) is 0 Å². The van der Waals surface area contributed by atoms with Gasteiger partial charge in [-0.05, 0) is 37.5 Å². The number of thiophene rings is 1. The van der Waals surface area contributed by atoms with Gasteiger partial charge in [-0.25, -0.2) is 4.39 Å². The molecule has 2 aromatic rings. The molecule has 1 fully saturated rings. The third-order valence-corrected chi connectivity index (χ3v) is 5.94. The lowest BCUT2D eigenvalue weighted by Gasteiger charge is -2.33. The second-order valence-electron chi connectivity index (χ2n) is 7.03. The van der Waals surface area contributed by atoms with E-state index in [0.717, 1.165) is 6.54 Å². The van der Waals surface area contributed by atoms with E-state index in [4.69, 9.17) is 0 Å². The topological polar surface area (TPSA) is 27.3 Å². The van der Waals surface area contributed by atoms with Crippen LogP contribution in [0.5, 0.6) is 0 Å². The first kappa shape index (κ1) is 20.9. The number of fused-ring (bicyclic) bond motifs is 1. The molecule has 1 aromatic carbocycles. The Morgan fingerprint density at radius 2 is 2.11 bits per heavy atom. The number of benzene rings is 1. The van der Waals surface area contributed by atoms with Gasteiger partial charge in [-0.15, -0.1) is 11.3 Å². The predicted molar refractivity (Wildman–Crippen MR) is 107 cm³/mol. The van der Waals surface area contributed by atoms with E-state index in [1.807, 2.05) is 11.9 Å². The van der Waals surface area contributed by atoms with Crippen molar-refractivity contribution in [3.63, 3.8) is 0 Å². The molecule has 2 heterocycles. The molecule has 0 saturated carbocycles. The third kappa shape index (κ3) is 4.96. The van der Waals surface area contributed by atoms with Crippen LogP contribution < -0.4 is 10.6 Å². The smallest absolute Gasteiger partial charge is 0.378 e. The number of anilines is 1. The molecule has 1 aliphatic rings. The number of hydrogen-bond acceptors (Lipinski definition) is 4. The van der Waals surface area contributed by atoms with E-state index in [2.05, 4.69) is 22.5 Å². The molecule has 2 unspecified atom stereocenters. The van der Waals surface area contributed by atoms with Gasteiger partial charge >= 0.3 is 6.18 Å². The van der Waals surface area contributed by atoms with Crippen molar-refractivity contribution in [3.8, 4) is 11.8 Å². The number of nitrogens with one attached hydrogen (secondary N) is 2. The average Bonchev–Trinajstić information content (AvgIpc) is 2.95. The summed E-state index contributed by atoms with van der Waals surface area (Å²) in [7, 11) is 3.61. The highest BCUT2D eigenvalue weighted by Gasteiger charge is 2.32. The van der Waals surface area contributed by atoms with E-state index >= 15 is 0 Å². The van der Waals surface area contributed by atoms with Gasteiger partial charge in [0, 0.05) is 13.1 Å². The van der Waals surface area contributed by atoms with Crippen molar-refractivity contribution >= 4 is 27.1 Å². The van der Waals surface area contributed by atoms with Crippen LogP contribution in [0, 0.1) is 11.8 Å². The summed E-state index contributed by atoms with van der Waals surface area (Å²) in [6.07, 6.45) is -5.74. The Balaban J connectivity index is 1.99. The fourth-order valence-electron chi connectivity index (χ4n) is 3.39. The van der Waals surface area contributed by atoms with Crippen molar-refractivity contribution in [3.05, 3.63) is 28.6 Å². The number of halogens is 4. The van der Waals surface area contributed by atoms with E-state index in [9.17, 15) is 17.6 Å². The summed E-state index contributed by atoms with van der Waals surface area (Å²) < 4.78 is 54.6. The van der Waals surface area contributed by atoms with Crippen LogP contribution in [-0.4, -0.2) is 57.0 Å². The van der Waals surface area contributed by atoms with Crippen molar-refractivity contribution in [2.75, 3.05) is 39.0 Å². The second-order valence-corrected chi connectivity index (χ2v) is 8.05. The molecule has 152 valence electrons. The Hall–Kier alpha value is -1.82. The molecule has 1 aliphatic heterocycles. The number of likely N-dealkylation sites (tertiary alicyclic amines) is 1. The first-order valence-electron chi connectivity index (χ1n) is 9.12. The third-order valence-electron chi connectivity index (χ3n) is 4.75. The molecule has 0 spiro atoms. The van der Waals surface area contributed by atoms with Gasteiger partial charge < -0.3 is 15.5 Å². The van der Waals surface area contributed by atoms with Crippen LogP contribution in [0.1, 0.15) is 16.9 Å². The van der Waals surface area contributed by atoms with Crippen LogP contribution in [0.25, 0.3) is 10.1 Å². The summed E-state index contributed by atoms with van der Waals surface area (Å²) in [5.41, 5.74) is 0.865. The lowest BCUT2D eigenvalue weighted by atomic mass is 10.0. The summed E-state index contributed by atoms with van der Waals surface area (Å²) >= 11 is 1.24. The fraction of sp³-hybridized carbons (Fsp3) is 0.500. The van der Waals surface area contributed by atoms with Crippen molar-refractivity contribution in [1.29, 1.82) is 0 Å². The van der Waals surface area contributed by atoms with E-state index in [1.54, 1.807) is 25.2 Å². The Kier molecular flexibility index (Phi) is 6.48. The molecule has 8 heteroatoms. The summed E-state index contributed by atoms with van der Waals surface area (Å²) in [5, 5.41) is 6.63. The van der Waals surface area contributed by atoms with Gasteiger partial charge in [0.2, 0.25) is 0 Å². The Morgan fingerprint density at radius 1 is 1.32 bits per heavy atom. The molecule has 1 saturated heterocycles. The lowest BCUT2D eigenvalue weighted by molar-refractivity contribution is -0.126. The standard InChI is InChI=1S/C20H23F4N3S/c1-25-9-4-7-18-14(11-20(22,23)24)13-5-3-6-17(19(13)28-18)26-16-8-10-27(2)12-15(16)21/h3,5-6,15-16,25-26H,8-12H2,1-2H3. The maximum Gasteiger partial charge on any atom is 0.393 e. The van der Waals surface area contributed by atoms with Gasteiger partial charge in [0.1, 0.15) is 6.17 Å². The molecule has 2 N–H and O–H groups in total. The molecule has 3 rings (SSSR count). The molecule has 3 nitrogen and oxygen atoms in total. The molecule has 0 bridgehead atoms. The van der Waals surface area contributed by atoms with Gasteiger partial charge in [-0.1, -0.05) is 24.0 Å².